The van der Waals surface area contributed by atoms with Gasteiger partial charge in [-0.1, -0.05) is 23.8 Å². The maximum absolute atomic E-state index is 12.2. The number of rotatable bonds is 5. The molecule has 0 N–H and O–H groups in total. The second-order valence-electron chi connectivity index (χ2n) is 5.01. The molecule has 0 aliphatic rings. The van der Waals surface area contributed by atoms with Gasteiger partial charge in [0.05, 0.1) is 11.4 Å². The van der Waals surface area contributed by atoms with E-state index in [2.05, 4.69) is 4.98 Å². The van der Waals surface area contributed by atoms with Gasteiger partial charge in [0, 0.05) is 10.6 Å². The van der Waals surface area contributed by atoms with Gasteiger partial charge in [-0.15, -0.1) is 0 Å². The molecule has 4 nitrogen and oxygen atoms in total. The second-order valence-corrected chi connectivity index (χ2v) is 7.82. The Morgan fingerprint density at radius 2 is 1.95 bits per heavy atom. The highest BCUT2D eigenvalue weighted by Gasteiger charge is 2.27. The monoisotopic (exact) mass is 339 g/mol. The van der Waals surface area contributed by atoms with Gasteiger partial charge < -0.3 is 4.42 Å². The van der Waals surface area contributed by atoms with Crippen molar-refractivity contribution in [3.8, 4) is 11.3 Å². The van der Waals surface area contributed by atoms with Gasteiger partial charge in [-0.25, -0.2) is 13.4 Å². The van der Waals surface area contributed by atoms with Crippen molar-refractivity contribution in [2.45, 2.75) is 26.0 Å². The lowest BCUT2D eigenvalue weighted by Gasteiger charge is -2.07. The van der Waals surface area contributed by atoms with Crippen molar-refractivity contribution < 1.29 is 12.8 Å². The fourth-order valence-corrected chi connectivity index (χ4v) is 3.27. The Balaban J connectivity index is 2.35. The number of benzene rings is 1. The summed E-state index contributed by atoms with van der Waals surface area (Å²) in [5.74, 6) is 0.759. The Morgan fingerprint density at radius 3 is 2.55 bits per heavy atom. The summed E-state index contributed by atoms with van der Waals surface area (Å²) in [5, 5.41) is -0.160. The number of allylic oxidation sites excluding steroid dienone is 1. The van der Waals surface area contributed by atoms with Crippen LogP contribution in [0, 0.1) is 6.92 Å². The topological polar surface area (TPSA) is 60.2 Å². The normalized spacial score (nSPS) is 13.6. The third-order valence-electron chi connectivity index (χ3n) is 3.37. The van der Waals surface area contributed by atoms with Crippen molar-refractivity contribution in [3.05, 3.63) is 53.0 Å². The molecule has 1 atom stereocenters. The van der Waals surface area contributed by atoms with Gasteiger partial charge in [0.15, 0.2) is 15.6 Å². The highest BCUT2D eigenvalue weighted by molar-refractivity contribution is 7.91. The second kappa shape index (κ2) is 6.67. The van der Waals surface area contributed by atoms with Crippen LogP contribution in [-0.2, 0) is 9.84 Å². The number of halogens is 1. The van der Waals surface area contributed by atoms with E-state index in [1.54, 1.807) is 45.1 Å². The van der Waals surface area contributed by atoms with Gasteiger partial charge in [-0.2, -0.15) is 0 Å². The first-order chi connectivity index (χ1) is 10.3. The summed E-state index contributed by atoms with van der Waals surface area (Å²) < 4.78 is 30.2. The first kappa shape index (κ1) is 16.8. The molecule has 0 amide bonds. The van der Waals surface area contributed by atoms with Crippen LogP contribution >= 0.6 is 11.6 Å². The molecular weight excluding hydrogens is 322 g/mol. The van der Waals surface area contributed by atoms with Crippen LogP contribution < -0.4 is 0 Å². The summed E-state index contributed by atoms with van der Waals surface area (Å²) in [6, 6.07) is 7.15. The van der Waals surface area contributed by atoms with Crippen molar-refractivity contribution in [1.82, 2.24) is 4.98 Å². The number of aryl methyl sites for hydroxylation is 1. The number of hydrogen-bond acceptors (Lipinski definition) is 4. The lowest BCUT2D eigenvalue weighted by Crippen LogP contribution is -2.13. The minimum atomic E-state index is -3.33. The van der Waals surface area contributed by atoms with Crippen molar-refractivity contribution in [2.24, 2.45) is 0 Å². The molecule has 0 aliphatic heterocycles. The average Bonchev–Trinajstić information content (AvgIpc) is 2.87. The van der Waals surface area contributed by atoms with Crippen LogP contribution in [0.1, 0.15) is 30.7 Å². The number of aromatic nitrogens is 1. The molecule has 1 aromatic carbocycles. The SMILES string of the molecule is CC=CCS(=O)(=O)C(C)c1nc(C)c(-c2ccc(Cl)cc2)o1. The third kappa shape index (κ3) is 3.59. The molecule has 0 radical (unpaired) electrons. The average molecular weight is 340 g/mol. The van der Waals surface area contributed by atoms with E-state index in [9.17, 15) is 8.42 Å². The van der Waals surface area contributed by atoms with E-state index < -0.39 is 15.1 Å². The van der Waals surface area contributed by atoms with E-state index >= 15 is 0 Å². The predicted molar refractivity (Wildman–Crippen MR) is 88.7 cm³/mol. The van der Waals surface area contributed by atoms with Crippen LogP contribution in [0.3, 0.4) is 0 Å². The zero-order chi connectivity index (χ0) is 16.3. The Hall–Kier alpha value is -1.59. The van der Waals surface area contributed by atoms with Gasteiger partial charge in [-0.3, -0.25) is 0 Å². The van der Waals surface area contributed by atoms with Crippen LogP contribution in [0.2, 0.25) is 5.02 Å². The lowest BCUT2D eigenvalue weighted by molar-refractivity contribution is 0.495. The molecule has 6 heteroatoms. The van der Waals surface area contributed by atoms with Gasteiger partial charge in [0.25, 0.3) is 0 Å². The van der Waals surface area contributed by atoms with Crippen molar-refractivity contribution >= 4 is 21.4 Å². The summed E-state index contributed by atoms with van der Waals surface area (Å²) in [6.07, 6.45) is 3.33. The van der Waals surface area contributed by atoms with E-state index in [4.69, 9.17) is 16.0 Å². The Labute approximate surface area is 135 Å². The smallest absolute Gasteiger partial charge is 0.213 e. The fraction of sp³-hybridized carbons (Fsp3) is 0.312. The number of oxazole rings is 1. The maximum atomic E-state index is 12.2. The summed E-state index contributed by atoms with van der Waals surface area (Å²) in [7, 11) is -3.33. The Morgan fingerprint density at radius 1 is 1.32 bits per heavy atom. The largest absolute Gasteiger partial charge is 0.439 e. The Kier molecular flexibility index (Phi) is 5.08. The molecule has 0 spiro atoms. The lowest BCUT2D eigenvalue weighted by atomic mass is 10.1. The van der Waals surface area contributed by atoms with E-state index in [-0.39, 0.29) is 11.6 Å². The van der Waals surface area contributed by atoms with Gasteiger partial charge in [-0.05, 0) is 45.0 Å². The molecule has 2 rings (SSSR count). The molecule has 118 valence electrons. The summed E-state index contributed by atoms with van der Waals surface area (Å²) in [4.78, 5) is 4.28. The Bertz CT molecular complexity index is 776. The number of nitrogens with zero attached hydrogens (tertiary/aromatic N) is 1. The van der Waals surface area contributed by atoms with Gasteiger partial charge >= 0.3 is 0 Å². The molecule has 1 heterocycles. The predicted octanol–water partition coefficient (Wildman–Crippen LogP) is 4.36. The van der Waals surface area contributed by atoms with Gasteiger partial charge in [0.2, 0.25) is 5.89 Å². The summed E-state index contributed by atoms with van der Waals surface area (Å²) >= 11 is 5.87. The number of hydrogen-bond donors (Lipinski definition) is 0. The minimum Gasteiger partial charge on any atom is -0.439 e. The molecule has 1 unspecified atom stereocenters. The van der Waals surface area contributed by atoms with E-state index in [1.165, 1.54) is 0 Å². The van der Waals surface area contributed by atoms with Crippen LogP contribution in [0.5, 0.6) is 0 Å². The number of sulfone groups is 1. The molecule has 22 heavy (non-hydrogen) atoms. The maximum Gasteiger partial charge on any atom is 0.213 e. The molecule has 1 aromatic heterocycles. The first-order valence-corrected chi connectivity index (χ1v) is 9.00. The molecule has 2 aromatic rings. The molecule has 0 saturated heterocycles. The third-order valence-corrected chi connectivity index (χ3v) is 5.56. The zero-order valence-corrected chi connectivity index (χ0v) is 14.3. The van der Waals surface area contributed by atoms with Crippen molar-refractivity contribution in [3.63, 3.8) is 0 Å². The molecule has 0 fully saturated rings. The van der Waals surface area contributed by atoms with Gasteiger partial charge in [0.1, 0.15) is 5.25 Å². The highest BCUT2D eigenvalue weighted by Crippen LogP contribution is 2.30. The van der Waals surface area contributed by atoms with Crippen LogP contribution in [0.15, 0.2) is 40.8 Å². The molecule has 0 saturated carbocycles. The standard InChI is InChI=1S/C16H18ClNO3S/c1-4-5-10-22(19,20)12(3)16-18-11(2)15(21-16)13-6-8-14(17)9-7-13/h4-9,12H,10H2,1-3H3. The zero-order valence-electron chi connectivity index (χ0n) is 12.7. The van der Waals surface area contributed by atoms with Crippen LogP contribution in [0.4, 0.5) is 0 Å². The van der Waals surface area contributed by atoms with Crippen molar-refractivity contribution in [1.29, 1.82) is 0 Å². The van der Waals surface area contributed by atoms with E-state index in [1.807, 2.05) is 12.1 Å². The molecular formula is C16H18ClNO3S. The summed E-state index contributed by atoms with van der Waals surface area (Å²) in [5.41, 5.74) is 1.48. The van der Waals surface area contributed by atoms with E-state index in [0.717, 1.165) is 5.56 Å². The van der Waals surface area contributed by atoms with Crippen LogP contribution in [0.25, 0.3) is 11.3 Å². The van der Waals surface area contributed by atoms with E-state index in [0.29, 0.717) is 16.5 Å². The quantitative estimate of drug-likeness (QED) is 0.759. The fourth-order valence-electron chi connectivity index (χ4n) is 1.99. The molecule has 0 bridgehead atoms. The van der Waals surface area contributed by atoms with Crippen molar-refractivity contribution in [2.75, 3.05) is 5.75 Å². The van der Waals surface area contributed by atoms with Crippen LogP contribution in [-0.4, -0.2) is 19.2 Å². The molecule has 0 aliphatic carbocycles. The first-order valence-electron chi connectivity index (χ1n) is 6.91. The summed E-state index contributed by atoms with van der Waals surface area (Å²) in [6.45, 7) is 5.17. The minimum absolute atomic E-state index is 0.0254. The highest BCUT2D eigenvalue weighted by atomic mass is 35.5.